The summed E-state index contributed by atoms with van der Waals surface area (Å²) < 4.78 is 0. The molecule has 5 rings (SSSR count). The zero-order valence-electron chi connectivity index (χ0n) is 18.6. The highest BCUT2D eigenvalue weighted by Gasteiger charge is 2.24. The molecule has 5 aromatic carbocycles. The van der Waals surface area contributed by atoms with Gasteiger partial charge in [0, 0.05) is 0 Å². The summed E-state index contributed by atoms with van der Waals surface area (Å²) in [5, 5.41) is 21.0. The Balaban J connectivity index is 1.97. The molecule has 0 aliphatic carbocycles. The second kappa shape index (κ2) is 10.2. The van der Waals surface area contributed by atoms with Crippen LogP contribution >= 0.6 is 8.46 Å². The van der Waals surface area contributed by atoms with Gasteiger partial charge in [-0.3, -0.25) is 0 Å². The van der Waals surface area contributed by atoms with Crippen LogP contribution in [0.4, 0.5) is 0 Å². The Labute approximate surface area is 202 Å². The Morgan fingerprint density at radius 2 is 0.824 bits per heavy atom. The van der Waals surface area contributed by atoms with Crippen molar-refractivity contribution in [2.24, 2.45) is 0 Å². The molecule has 0 aliphatic rings. The first-order valence-electron chi connectivity index (χ1n) is 11.3. The Bertz CT molecular complexity index is 1370. The van der Waals surface area contributed by atoms with E-state index in [0.717, 1.165) is 49.8 Å². The molecule has 0 amide bonds. The van der Waals surface area contributed by atoms with E-state index in [4.69, 9.17) is 0 Å². The molecule has 2 nitrogen and oxygen atoms in total. The van der Waals surface area contributed by atoms with Crippen molar-refractivity contribution in [2.75, 3.05) is 0 Å². The van der Waals surface area contributed by atoms with Crippen molar-refractivity contribution in [1.82, 2.24) is 0 Å². The van der Waals surface area contributed by atoms with Crippen LogP contribution in [0.5, 0.6) is 0 Å². The molecular weight excluding hydrogens is 434 g/mol. The van der Waals surface area contributed by atoms with Gasteiger partial charge in [0.15, 0.2) is 0 Å². The maximum atomic E-state index is 10.1. The van der Waals surface area contributed by atoms with Gasteiger partial charge in [0.05, 0.1) is 0 Å². The minimum Gasteiger partial charge on any atom is -0.423 e. The molecule has 0 saturated carbocycles. The van der Waals surface area contributed by atoms with E-state index >= 15 is 0 Å². The predicted molar refractivity (Wildman–Crippen MR) is 146 cm³/mol. The van der Waals surface area contributed by atoms with Crippen molar-refractivity contribution in [3.63, 3.8) is 0 Å². The van der Waals surface area contributed by atoms with Gasteiger partial charge in [-0.1, -0.05) is 130 Å². The van der Waals surface area contributed by atoms with Gasteiger partial charge in [0.1, 0.15) is 0 Å². The first-order chi connectivity index (χ1) is 16.7. The normalized spacial score (nSPS) is 11.1. The maximum absolute atomic E-state index is 10.1. The Morgan fingerprint density at radius 1 is 0.441 bits per heavy atom. The highest BCUT2D eigenvalue weighted by atomic mass is 31.1. The van der Waals surface area contributed by atoms with E-state index in [1.165, 1.54) is 0 Å². The number of hydrogen-bond donors (Lipinski definition) is 2. The summed E-state index contributed by atoms with van der Waals surface area (Å²) in [5.74, 6) is 0. The van der Waals surface area contributed by atoms with Gasteiger partial charge in [-0.25, -0.2) is 0 Å². The van der Waals surface area contributed by atoms with Crippen LogP contribution in [-0.2, 0) is 0 Å². The third-order valence-electron chi connectivity index (χ3n) is 5.88. The molecule has 164 valence electrons. The lowest BCUT2D eigenvalue weighted by Gasteiger charge is -2.24. The van der Waals surface area contributed by atoms with E-state index in [9.17, 15) is 10.0 Å². The number of rotatable bonds is 6. The average Bonchev–Trinajstić information content (AvgIpc) is 2.89. The fraction of sp³-hybridized carbons (Fsp3) is 0. The van der Waals surface area contributed by atoms with Gasteiger partial charge in [-0.05, 0) is 55.9 Å². The average molecular weight is 458 g/mol. The molecular formula is C30H24BO2P. The largest absolute Gasteiger partial charge is 0.481 e. The quantitative estimate of drug-likeness (QED) is 0.222. The molecule has 0 bridgehead atoms. The molecule has 0 aliphatic heterocycles. The summed E-state index contributed by atoms with van der Waals surface area (Å²) in [4.78, 5) is 0. The zero-order valence-corrected chi connectivity index (χ0v) is 19.6. The Morgan fingerprint density at radius 3 is 1.26 bits per heavy atom. The van der Waals surface area contributed by atoms with Crippen LogP contribution in [-0.4, -0.2) is 16.9 Å². The van der Waals surface area contributed by atoms with Crippen molar-refractivity contribution >= 4 is 20.6 Å². The van der Waals surface area contributed by atoms with Crippen LogP contribution in [0.15, 0.2) is 127 Å². The summed E-state index contributed by atoms with van der Waals surface area (Å²) in [6.45, 7) is -1.42. The fourth-order valence-electron chi connectivity index (χ4n) is 4.48. The highest BCUT2D eigenvalue weighted by Crippen LogP contribution is 2.46. The third-order valence-corrected chi connectivity index (χ3v) is 6.85. The van der Waals surface area contributed by atoms with E-state index in [1.807, 2.05) is 48.5 Å². The lowest BCUT2D eigenvalue weighted by Crippen LogP contribution is -2.14. The molecule has 0 saturated heterocycles. The van der Waals surface area contributed by atoms with Crippen molar-refractivity contribution < 1.29 is 10.0 Å². The van der Waals surface area contributed by atoms with Crippen molar-refractivity contribution in [1.29, 1.82) is 0 Å². The van der Waals surface area contributed by atoms with Crippen LogP contribution < -0.4 is 5.30 Å². The third kappa shape index (κ3) is 4.60. The van der Waals surface area contributed by atoms with Crippen LogP contribution in [0, 0.1) is 0 Å². The van der Waals surface area contributed by atoms with E-state index < -0.39 is 6.84 Å². The van der Waals surface area contributed by atoms with Crippen molar-refractivity contribution in [3.8, 4) is 44.5 Å². The Kier molecular flexibility index (Phi) is 6.69. The maximum Gasteiger partial charge on any atom is 0.481 e. The summed E-state index contributed by atoms with van der Waals surface area (Å²) in [5.41, 5.74) is 8.72. The van der Waals surface area contributed by atoms with E-state index in [-0.39, 0.29) is 8.46 Å². The topological polar surface area (TPSA) is 40.5 Å². The summed E-state index contributed by atoms with van der Waals surface area (Å²) in [7, 11) is -0.167. The standard InChI is InChI=1S/C30H24BO2P/c32-31(33)34-27-21-26(22-13-5-1-6-14-22)28(23-15-7-2-8-16-23)30(25-19-11-4-12-20-25)29(27)24-17-9-3-10-18-24/h1-21,32-34H. The molecule has 34 heavy (non-hydrogen) atoms. The summed E-state index contributed by atoms with van der Waals surface area (Å²) in [6.07, 6.45) is 0. The predicted octanol–water partition coefficient (Wildman–Crippen LogP) is 6.63. The minimum absolute atomic E-state index is 0.167. The van der Waals surface area contributed by atoms with Gasteiger partial charge < -0.3 is 10.0 Å². The first-order valence-corrected chi connectivity index (χ1v) is 12.4. The monoisotopic (exact) mass is 458 g/mol. The first kappa shape index (κ1) is 22.3. The second-order valence-electron chi connectivity index (χ2n) is 8.08. The number of hydrogen-bond acceptors (Lipinski definition) is 2. The van der Waals surface area contributed by atoms with E-state index in [1.54, 1.807) is 0 Å². The minimum atomic E-state index is -1.42. The fourth-order valence-corrected chi connectivity index (χ4v) is 5.40. The van der Waals surface area contributed by atoms with E-state index in [0.29, 0.717) is 0 Å². The van der Waals surface area contributed by atoms with Crippen LogP contribution in [0.1, 0.15) is 0 Å². The smallest absolute Gasteiger partial charge is 0.423 e. The molecule has 4 heteroatoms. The molecule has 0 radical (unpaired) electrons. The van der Waals surface area contributed by atoms with Crippen LogP contribution in [0.2, 0.25) is 0 Å². The second-order valence-corrected chi connectivity index (χ2v) is 9.42. The zero-order chi connectivity index (χ0) is 23.3. The molecule has 5 aromatic rings. The molecule has 1 atom stereocenters. The summed E-state index contributed by atoms with van der Waals surface area (Å²) in [6, 6.07) is 43.6. The van der Waals surface area contributed by atoms with Crippen molar-refractivity contribution in [3.05, 3.63) is 127 Å². The molecule has 2 N–H and O–H groups in total. The summed E-state index contributed by atoms with van der Waals surface area (Å²) >= 11 is 0. The lowest BCUT2D eigenvalue weighted by molar-refractivity contribution is 0.437. The molecule has 0 aromatic heterocycles. The van der Waals surface area contributed by atoms with Gasteiger partial charge in [-0.2, -0.15) is 0 Å². The van der Waals surface area contributed by atoms with Crippen LogP contribution in [0.3, 0.4) is 0 Å². The SMILES string of the molecule is OB(O)Pc1cc(-c2ccccc2)c(-c2ccccc2)c(-c2ccccc2)c1-c1ccccc1. The molecule has 0 fully saturated rings. The molecule has 1 unspecified atom stereocenters. The number of benzene rings is 5. The van der Waals surface area contributed by atoms with Gasteiger partial charge in [-0.15, -0.1) is 0 Å². The lowest BCUT2D eigenvalue weighted by atomic mass is 9.83. The van der Waals surface area contributed by atoms with Crippen LogP contribution in [0.25, 0.3) is 44.5 Å². The highest BCUT2D eigenvalue weighted by molar-refractivity contribution is 7.79. The van der Waals surface area contributed by atoms with E-state index in [2.05, 4.69) is 78.9 Å². The van der Waals surface area contributed by atoms with Gasteiger partial charge >= 0.3 is 6.84 Å². The molecule has 0 heterocycles. The van der Waals surface area contributed by atoms with Crippen molar-refractivity contribution in [2.45, 2.75) is 0 Å². The van der Waals surface area contributed by atoms with Gasteiger partial charge in [0.2, 0.25) is 0 Å². The molecule has 0 spiro atoms. The van der Waals surface area contributed by atoms with Gasteiger partial charge in [0.25, 0.3) is 0 Å². The Hall–Kier alpha value is -3.49.